The molecule has 2 N–H and O–H groups in total. The average Bonchev–Trinajstić information content (AvgIpc) is 2.84. The molecule has 0 saturated heterocycles. The molecule has 1 atom stereocenters. The largest absolute Gasteiger partial charge is 0.491 e. The molecule has 34 heavy (non-hydrogen) atoms. The van der Waals surface area contributed by atoms with E-state index >= 15 is 0 Å². The van der Waals surface area contributed by atoms with Gasteiger partial charge in [0.15, 0.2) is 0 Å². The van der Waals surface area contributed by atoms with E-state index in [0.29, 0.717) is 54.8 Å². The molecule has 184 valence electrons. The minimum Gasteiger partial charge on any atom is -0.491 e. The van der Waals surface area contributed by atoms with Crippen LogP contribution in [0.2, 0.25) is 0 Å². The Morgan fingerprint density at radius 1 is 1.24 bits per heavy atom. The van der Waals surface area contributed by atoms with Crippen LogP contribution in [-0.4, -0.2) is 79.4 Å². The normalized spacial score (nSPS) is 14.9. The molecule has 1 aromatic heterocycles. The number of carbonyl (C=O) groups is 2. The van der Waals surface area contributed by atoms with E-state index in [4.69, 9.17) is 16.3 Å². The summed E-state index contributed by atoms with van der Waals surface area (Å²) in [5.74, 6) is 1.34. The topological polar surface area (TPSA) is 86.8 Å². The van der Waals surface area contributed by atoms with Crippen LogP contribution in [0.5, 0.6) is 5.75 Å². The second-order valence-electron chi connectivity index (χ2n) is 8.70. The number of hydrogen-bond donors (Lipinski definition) is 2. The molecule has 0 radical (unpaired) electrons. The Morgan fingerprint density at radius 2 is 2.06 bits per heavy atom. The van der Waals surface area contributed by atoms with Crippen molar-refractivity contribution in [3.05, 3.63) is 53.3 Å². The van der Waals surface area contributed by atoms with Crippen LogP contribution >= 0.6 is 11.6 Å². The summed E-state index contributed by atoms with van der Waals surface area (Å²) >= 11 is 5.98. The smallest absolute Gasteiger partial charge is 0.255 e. The number of hydrogen-bond acceptors (Lipinski definition) is 6. The first-order valence-electron chi connectivity index (χ1n) is 11.6. The zero-order valence-corrected chi connectivity index (χ0v) is 20.9. The number of pyridine rings is 1. The van der Waals surface area contributed by atoms with Crippen LogP contribution in [0.3, 0.4) is 0 Å². The summed E-state index contributed by atoms with van der Waals surface area (Å²) in [6.07, 6.45) is 2.43. The minimum atomic E-state index is -0.239. The standard InChI is InChI=1S/C25H34ClN5O3/c1-4-31(11-10-30(2)3)23(32)16-27-15-21-13-20(8-9-28-21)25(33)29-22-7-5-6-19-12-18(14-26)17-34-24(19)22/h5-9,13,18,27H,4,10-12,14-17H2,1-3H3,(H,29,33). The number of aromatic nitrogens is 1. The van der Waals surface area contributed by atoms with Gasteiger partial charge < -0.3 is 25.2 Å². The zero-order chi connectivity index (χ0) is 24.5. The van der Waals surface area contributed by atoms with Crippen LogP contribution in [0.1, 0.15) is 28.5 Å². The highest BCUT2D eigenvalue weighted by Gasteiger charge is 2.22. The number of alkyl halides is 1. The Bertz CT molecular complexity index is 985. The fourth-order valence-corrected chi connectivity index (χ4v) is 3.98. The lowest BCUT2D eigenvalue weighted by molar-refractivity contribution is -0.130. The number of amides is 2. The Labute approximate surface area is 206 Å². The SMILES string of the molecule is CCN(CCN(C)C)C(=O)CNCc1cc(C(=O)Nc2cccc3c2OCC(CCl)C3)ccn1. The van der Waals surface area contributed by atoms with Crippen molar-refractivity contribution < 1.29 is 14.3 Å². The predicted octanol–water partition coefficient (Wildman–Crippen LogP) is 2.62. The summed E-state index contributed by atoms with van der Waals surface area (Å²) in [5, 5.41) is 6.10. The quantitative estimate of drug-likeness (QED) is 0.474. The molecule has 1 aromatic carbocycles. The summed E-state index contributed by atoms with van der Waals surface area (Å²) in [7, 11) is 3.98. The number of fused-ring (bicyclic) bond motifs is 1. The third kappa shape index (κ3) is 7.16. The molecular formula is C25H34ClN5O3. The highest BCUT2D eigenvalue weighted by atomic mass is 35.5. The van der Waals surface area contributed by atoms with Gasteiger partial charge in [0.2, 0.25) is 5.91 Å². The maximum atomic E-state index is 12.9. The van der Waals surface area contributed by atoms with Crippen LogP contribution in [0.15, 0.2) is 36.5 Å². The molecular weight excluding hydrogens is 454 g/mol. The number of benzene rings is 1. The van der Waals surface area contributed by atoms with Gasteiger partial charge in [-0.3, -0.25) is 14.6 Å². The van der Waals surface area contributed by atoms with Gasteiger partial charge in [-0.05, 0) is 51.2 Å². The van der Waals surface area contributed by atoms with Crippen molar-refractivity contribution in [2.75, 3.05) is 58.1 Å². The summed E-state index contributed by atoms with van der Waals surface area (Å²) in [6.45, 7) is 5.30. The van der Waals surface area contributed by atoms with Gasteiger partial charge >= 0.3 is 0 Å². The summed E-state index contributed by atoms with van der Waals surface area (Å²) in [6, 6.07) is 9.15. The number of nitrogens with zero attached hydrogens (tertiary/aromatic N) is 3. The predicted molar refractivity (Wildman–Crippen MR) is 135 cm³/mol. The van der Waals surface area contributed by atoms with Gasteiger partial charge in [-0.15, -0.1) is 11.6 Å². The monoisotopic (exact) mass is 487 g/mol. The van der Waals surface area contributed by atoms with Crippen LogP contribution in [-0.2, 0) is 17.8 Å². The molecule has 0 aliphatic carbocycles. The van der Waals surface area contributed by atoms with E-state index in [1.165, 1.54) is 0 Å². The van der Waals surface area contributed by atoms with Crippen molar-refractivity contribution in [2.45, 2.75) is 19.9 Å². The third-order valence-electron chi connectivity index (χ3n) is 5.75. The molecule has 2 aromatic rings. The van der Waals surface area contributed by atoms with Gasteiger partial charge in [-0.25, -0.2) is 0 Å². The lowest BCUT2D eigenvalue weighted by atomic mass is 9.97. The molecule has 1 aliphatic heterocycles. The van der Waals surface area contributed by atoms with Gasteiger partial charge in [-0.2, -0.15) is 0 Å². The number of para-hydroxylation sites is 1. The third-order valence-corrected chi connectivity index (χ3v) is 6.18. The first-order chi connectivity index (χ1) is 16.4. The minimum absolute atomic E-state index is 0.0449. The Morgan fingerprint density at radius 3 is 2.79 bits per heavy atom. The van der Waals surface area contributed by atoms with Crippen molar-refractivity contribution in [1.29, 1.82) is 0 Å². The fourth-order valence-electron chi connectivity index (χ4n) is 3.78. The van der Waals surface area contributed by atoms with Gasteiger partial charge in [0.1, 0.15) is 5.75 Å². The van der Waals surface area contributed by atoms with E-state index in [-0.39, 0.29) is 24.3 Å². The van der Waals surface area contributed by atoms with E-state index in [2.05, 4.69) is 20.5 Å². The highest BCUT2D eigenvalue weighted by molar-refractivity contribution is 6.18. The van der Waals surface area contributed by atoms with E-state index in [1.807, 2.05) is 44.1 Å². The average molecular weight is 488 g/mol. The van der Waals surface area contributed by atoms with Gasteiger partial charge in [0.25, 0.3) is 5.91 Å². The Balaban J connectivity index is 1.56. The van der Waals surface area contributed by atoms with Crippen molar-refractivity contribution in [3.63, 3.8) is 0 Å². The molecule has 2 amide bonds. The number of likely N-dealkylation sites (N-methyl/N-ethyl adjacent to an activating group) is 2. The maximum Gasteiger partial charge on any atom is 0.255 e. The highest BCUT2D eigenvalue weighted by Crippen LogP contribution is 2.35. The van der Waals surface area contributed by atoms with Crippen molar-refractivity contribution >= 4 is 29.1 Å². The molecule has 0 fully saturated rings. The summed E-state index contributed by atoms with van der Waals surface area (Å²) < 4.78 is 5.89. The molecule has 1 unspecified atom stereocenters. The van der Waals surface area contributed by atoms with Crippen molar-refractivity contribution in [2.24, 2.45) is 5.92 Å². The molecule has 1 aliphatic rings. The second-order valence-corrected chi connectivity index (χ2v) is 9.01. The number of nitrogens with one attached hydrogen (secondary N) is 2. The van der Waals surface area contributed by atoms with Crippen LogP contribution in [0.25, 0.3) is 0 Å². The van der Waals surface area contributed by atoms with Gasteiger partial charge in [0.05, 0.1) is 24.5 Å². The number of halogens is 1. The summed E-state index contributed by atoms with van der Waals surface area (Å²) in [5.41, 5.74) is 2.88. The lowest BCUT2D eigenvalue weighted by Gasteiger charge is -2.25. The number of carbonyl (C=O) groups excluding carboxylic acids is 2. The molecule has 9 heteroatoms. The number of ether oxygens (including phenoxy) is 1. The van der Waals surface area contributed by atoms with E-state index < -0.39 is 0 Å². The van der Waals surface area contributed by atoms with E-state index in [1.54, 1.807) is 18.3 Å². The lowest BCUT2D eigenvalue weighted by Crippen LogP contribution is -2.41. The Hall–Kier alpha value is -2.68. The molecule has 3 rings (SSSR count). The Kier molecular flexibility index (Phi) is 9.68. The second kappa shape index (κ2) is 12.7. The number of anilines is 1. The zero-order valence-electron chi connectivity index (χ0n) is 20.1. The van der Waals surface area contributed by atoms with Crippen molar-refractivity contribution in [1.82, 2.24) is 20.1 Å². The van der Waals surface area contributed by atoms with E-state index in [9.17, 15) is 9.59 Å². The first-order valence-corrected chi connectivity index (χ1v) is 12.1. The first kappa shape index (κ1) is 25.9. The molecule has 8 nitrogen and oxygen atoms in total. The molecule has 2 heterocycles. The fraction of sp³-hybridized carbons (Fsp3) is 0.480. The van der Waals surface area contributed by atoms with Crippen molar-refractivity contribution in [3.8, 4) is 5.75 Å². The summed E-state index contributed by atoms with van der Waals surface area (Å²) in [4.78, 5) is 33.6. The molecule has 0 bridgehead atoms. The van der Waals surface area contributed by atoms with Crippen LogP contribution < -0.4 is 15.4 Å². The van der Waals surface area contributed by atoms with E-state index in [0.717, 1.165) is 18.5 Å². The molecule has 0 saturated carbocycles. The molecule has 0 spiro atoms. The van der Waals surface area contributed by atoms with Crippen LogP contribution in [0, 0.1) is 5.92 Å². The number of rotatable bonds is 11. The van der Waals surface area contributed by atoms with Gasteiger partial charge in [0, 0.05) is 49.7 Å². The van der Waals surface area contributed by atoms with Gasteiger partial charge in [-0.1, -0.05) is 12.1 Å². The maximum absolute atomic E-state index is 12.9. The van der Waals surface area contributed by atoms with Crippen LogP contribution in [0.4, 0.5) is 5.69 Å².